The quantitative estimate of drug-likeness (QED) is 0.750. The third kappa shape index (κ3) is 4.12. The van der Waals surface area contributed by atoms with E-state index in [0.29, 0.717) is 19.1 Å². The number of nitrogens with one attached hydrogen (secondary N) is 1. The molecule has 90 valence electrons. The van der Waals surface area contributed by atoms with Gasteiger partial charge < -0.3 is 15.8 Å². The predicted octanol–water partition coefficient (Wildman–Crippen LogP) is 0.869. The topological polar surface area (TPSA) is 73.1 Å². The Labute approximate surface area is 96.4 Å². The fraction of sp³-hybridized carbons (Fsp3) is 0.636. The average Bonchev–Trinajstić information content (AvgIpc) is 2.16. The Morgan fingerprint density at radius 3 is 2.50 bits per heavy atom. The van der Waals surface area contributed by atoms with Crippen LogP contribution in [0.4, 0.5) is 5.95 Å². The van der Waals surface area contributed by atoms with Gasteiger partial charge in [0.15, 0.2) is 0 Å². The number of nitrogens with zero attached hydrogens (tertiary/aromatic N) is 2. The summed E-state index contributed by atoms with van der Waals surface area (Å²) in [6, 6.07) is 2.11. The minimum Gasteiger partial charge on any atom is -0.383 e. The molecular weight excluding hydrogens is 204 g/mol. The van der Waals surface area contributed by atoms with Gasteiger partial charge in [0, 0.05) is 18.5 Å². The Hall–Kier alpha value is -1.20. The molecular formula is C11H20N4O. The van der Waals surface area contributed by atoms with Gasteiger partial charge in [-0.3, -0.25) is 0 Å². The van der Waals surface area contributed by atoms with Crippen molar-refractivity contribution < 1.29 is 4.74 Å². The normalized spacial score (nSPS) is 12.5. The maximum atomic E-state index is 5.54. The summed E-state index contributed by atoms with van der Waals surface area (Å²) >= 11 is 0. The lowest BCUT2D eigenvalue weighted by Crippen LogP contribution is -2.28. The monoisotopic (exact) mass is 224 g/mol. The molecule has 0 aliphatic heterocycles. The van der Waals surface area contributed by atoms with Crippen LogP contribution in [0.1, 0.15) is 17.8 Å². The van der Waals surface area contributed by atoms with Crippen molar-refractivity contribution in [3.05, 3.63) is 17.5 Å². The lowest BCUT2D eigenvalue weighted by atomic mass is 10.2. The molecule has 5 heteroatoms. The number of nitrogens with two attached hydrogens (primary N) is 1. The number of anilines is 1. The first-order valence-corrected chi connectivity index (χ1v) is 5.43. The molecule has 0 aromatic carbocycles. The van der Waals surface area contributed by atoms with Crippen molar-refractivity contribution in [3.63, 3.8) is 0 Å². The van der Waals surface area contributed by atoms with Crippen LogP contribution in [0, 0.1) is 13.8 Å². The van der Waals surface area contributed by atoms with Gasteiger partial charge in [-0.05, 0) is 32.9 Å². The first-order valence-electron chi connectivity index (χ1n) is 5.43. The van der Waals surface area contributed by atoms with Gasteiger partial charge in [-0.15, -0.1) is 0 Å². The van der Waals surface area contributed by atoms with Gasteiger partial charge in [-0.1, -0.05) is 0 Å². The van der Waals surface area contributed by atoms with Crippen LogP contribution in [0.5, 0.6) is 0 Å². The van der Waals surface area contributed by atoms with E-state index in [9.17, 15) is 0 Å². The second kappa shape index (κ2) is 6.40. The molecule has 3 N–H and O–H groups in total. The smallest absolute Gasteiger partial charge is 0.223 e. The second-order valence-electron chi connectivity index (χ2n) is 3.85. The maximum absolute atomic E-state index is 5.54. The van der Waals surface area contributed by atoms with E-state index in [1.54, 1.807) is 7.11 Å². The zero-order chi connectivity index (χ0) is 12.0. The molecule has 16 heavy (non-hydrogen) atoms. The zero-order valence-electron chi connectivity index (χ0n) is 10.2. The van der Waals surface area contributed by atoms with Gasteiger partial charge in [0.25, 0.3) is 0 Å². The third-order valence-electron chi connectivity index (χ3n) is 2.20. The van der Waals surface area contributed by atoms with E-state index in [1.165, 1.54) is 0 Å². The van der Waals surface area contributed by atoms with E-state index >= 15 is 0 Å². The van der Waals surface area contributed by atoms with Crippen LogP contribution in [0.25, 0.3) is 0 Å². The second-order valence-corrected chi connectivity index (χ2v) is 3.85. The summed E-state index contributed by atoms with van der Waals surface area (Å²) in [6.45, 7) is 5.13. The van der Waals surface area contributed by atoms with Gasteiger partial charge in [-0.25, -0.2) is 9.97 Å². The lowest BCUT2D eigenvalue weighted by Gasteiger charge is -2.17. The fourth-order valence-electron chi connectivity index (χ4n) is 1.57. The minimum atomic E-state index is 0.163. The van der Waals surface area contributed by atoms with E-state index in [1.807, 2.05) is 19.9 Å². The summed E-state index contributed by atoms with van der Waals surface area (Å²) in [5.74, 6) is 0.646. The molecule has 0 spiro atoms. The first kappa shape index (κ1) is 12.9. The molecule has 1 aromatic heterocycles. The summed E-state index contributed by atoms with van der Waals surface area (Å²) in [4.78, 5) is 8.64. The van der Waals surface area contributed by atoms with Gasteiger partial charge in [0.05, 0.1) is 12.6 Å². The molecule has 0 aliphatic carbocycles. The van der Waals surface area contributed by atoms with E-state index in [-0.39, 0.29) is 6.04 Å². The molecule has 1 rings (SSSR count). The van der Waals surface area contributed by atoms with E-state index in [0.717, 1.165) is 17.8 Å². The highest BCUT2D eigenvalue weighted by Gasteiger charge is 2.09. The average molecular weight is 224 g/mol. The van der Waals surface area contributed by atoms with Crippen LogP contribution >= 0.6 is 0 Å². The highest BCUT2D eigenvalue weighted by molar-refractivity contribution is 5.29. The number of rotatable bonds is 6. The summed E-state index contributed by atoms with van der Waals surface area (Å²) in [5, 5.41) is 3.24. The summed E-state index contributed by atoms with van der Waals surface area (Å²) in [5.41, 5.74) is 7.45. The molecule has 0 radical (unpaired) electrons. The van der Waals surface area contributed by atoms with Crippen molar-refractivity contribution >= 4 is 5.95 Å². The SMILES string of the molecule is COCC(CCN)Nc1nc(C)cc(C)n1. The lowest BCUT2D eigenvalue weighted by molar-refractivity contribution is 0.183. The molecule has 0 fully saturated rings. The molecule has 0 saturated heterocycles. The van der Waals surface area contributed by atoms with Crippen molar-refractivity contribution in [1.82, 2.24) is 9.97 Å². The number of aryl methyl sites for hydroxylation is 2. The Morgan fingerprint density at radius 1 is 1.38 bits per heavy atom. The minimum absolute atomic E-state index is 0.163. The highest BCUT2D eigenvalue weighted by atomic mass is 16.5. The van der Waals surface area contributed by atoms with Crippen LogP contribution in [-0.2, 0) is 4.74 Å². The molecule has 0 saturated carbocycles. The number of ether oxygens (including phenoxy) is 1. The van der Waals surface area contributed by atoms with E-state index < -0.39 is 0 Å². The van der Waals surface area contributed by atoms with Crippen LogP contribution in [-0.4, -0.2) is 36.3 Å². The Kier molecular flexibility index (Phi) is 5.14. The van der Waals surface area contributed by atoms with Crippen molar-refractivity contribution in [3.8, 4) is 0 Å². The molecule has 1 unspecified atom stereocenters. The highest BCUT2D eigenvalue weighted by Crippen LogP contribution is 2.06. The fourth-order valence-corrected chi connectivity index (χ4v) is 1.57. The number of hydrogen-bond acceptors (Lipinski definition) is 5. The molecule has 1 heterocycles. The standard InChI is InChI=1S/C11H20N4O/c1-8-6-9(2)14-11(13-8)15-10(4-5-12)7-16-3/h6,10H,4-5,7,12H2,1-3H3,(H,13,14,15). The van der Waals surface area contributed by atoms with Crippen LogP contribution in [0.15, 0.2) is 6.07 Å². The Balaban J connectivity index is 2.68. The molecule has 1 aromatic rings. The number of aromatic nitrogens is 2. The zero-order valence-corrected chi connectivity index (χ0v) is 10.2. The maximum Gasteiger partial charge on any atom is 0.223 e. The van der Waals surface area contributed by atoms with E-state index in [4.69, 9.17) is 10.5 Å². The largest absolute Gasteiger partial charge is 0.383 e. The molecule has 0 amide bonds. The number of methoxy groups -OCH3 is 1. The van der Waals surface area contributed by atoms with Crippen LogP contribution in [0.3, 0.4) is 0 Å². The van der Waals surface area contributed by atoms with Crippen molar-refractivity contribution in [2.75, 3.05) is 25.6 Å². The first-order chi connectivity index (χ1) is 7.65. The van der Waals surface area contributed by atoms with E-state index in [2.05, 4.69) is 15.3 Å². The van der Waals surface area contributed by atoms with Gasteiger partial charge in [-0.2, -0.15) is 0 Å². The molecule has 1 atom stereocenters. The van der Waals surface area contributed by atoms with Gasteiger partial charge in [0.2, 0.25) is 5.95 Å². The Bertz CT molecular complexity index is 304. The van der Waals surface area contributed by atoms with Crippen LogP contribution < -0.4 is 11.1 Å². The van der Waals surface area contributed by atoms with Crippen molar-refractivity contribution in [1.29, 1.82) is 0 Å². The summed E-state index contributed by atoms with van der Waals surface area (Å²) in [6.07, 6.45) is 0.837. The molecule has 0 bridgehead atoms. The third-order valence-corrected chi connectivity index (χ3v) is 2.20. The van der Waals surface area contributed by atoms with Crippen molar-refractivity contribution in [2.24, 2.45) is 5.73 Å². The summed E-state index contributed by atoms with van der Waals surface area (Å²) in [7, 11) is 1.67. The number of hydrogen-bond donors (Lipinski definition) is 2. The van der Waals surface area contributed by atoms with Gasteiger partial charge >= 0.3 is 0 Å². The van der Waals surface area contributed by atoms with Crippen LogP contribution in [0.2, 0.25) is 0 Å². The summed E-state index contributed by atoms with van der Waals surface area (Å²) < 4.78 is 5.12. The molecule has 0 aliphatic rings. The van der Waals surface area contributed by atoms with Crippen molar-refractivity contribution in [2.45, 2.75) is 26.3 Å². The van der Waals surface area contributed by atoms with Gasteiger partial charge in [0.1, 0.15) is 0 Å². The Morgan fingerprint density at radius 2 is 2.00 bits per heavy atom. The molecule has 5 nitrogen and oxygen atoms in total. The predicted molar refractivity (Wildman–Crippen MR) is 64.5 cm³/mol.